The summed E-state index contributed by atoms with van der Waals surface area (Å²) < 4.78 is 0. The average Bonchev–Trinajstić information content (AvgIpc) is 3.47. The van der Waals surface area contributed by atoms with E-state index in [1.165, 1.54) is 94.8 Å². The lowest BCUT2D eigenvalue weighted by Crippen LogP contribution is -2.30. The Hall–Kier alpha value is -3.08. The molecular formula is C36H51N3O2. The van der Waals surface area contributed by atoms with Crippen molar-refractivity contribution >= 4 is 34.1 Å². The molecule has 1 fully saturated rings. The number of nitrogen functional groups attached to an aromatic ring is 1. The molecule has 2 amide bonds. The maximum atomic E-state index is 13.2. The molecule has 1 unspecified atom stereocenters. The number of hydrogen-bond acceptors (Lipinski definition) is 3. The number of amides is 2. The number of carbonyl (C=O) groups is 2. The van der Waals surface area contributed by atoms with E-state index in [4.69, 9.17) is 5.73 Å². The molecule has 4 rings (SSSR count). The van der Waals surface area contributed by atoms with Crippen molar-refractivity contribution in [1.82, 2.24) is 4.98 Å². The van der Waals surface area contributed by atoms with Crippen LogP contribution in [-0.4, -0.2) is 16.8 Å². The fraction of sp³-hybridized carbons (Fsp3) is 0.556. The van der Waals surface area contributed by atoms with E-state index in [2.05, 4.69) is 11.9 Å². The van der Waals surface area contributed by atoms with Gasteiger partial charge in [-0.05, 0) is 24.6 Å². The van der Waals surface area contributed by atoms with Crippen molar-refractivity contribution in [3.8, 4) is 11.3 Å². The molecular weight excluding hydrogens is 506 g/mol. The number of hydrogen-bond donors (Lipinski definition) is 2. The molecule has 0 aliphatic carbocycles. The minimum absolute atomic E-state index is 0.0623. The average molecular weight is 558 g/mol. The van der Waals surface area contributed by atoms with E-state index in [0.717, 1.165) is 41.4 Å². The first-order chi connectivity index (χ1) is 20.1. The number of aromatic amines is 1. The Morgan fingerprint density at radius 1 is 0.756 bits per heavy atom. The number of imide groups is 1. The van der Waals surface area contributed by atoms with Crippen molar-refractivity contribution < 1.29 is 9.59 Å². The first-order valence-electron chi connectivity index (χ1n) is 16.4. The number of H-pyrrole nitrogens is 1. The van der Waals surface area contributed by atoms with E-state index in [-0.39, 0.29) is 17.7 Å². The van der Waals surface area contributed by atoms with E-state index in [1.807, 2.05) is 48.5 Å². The summed E-state index contributed by atoms with van der Waals surface area (Å²) in [6.07, 6.45) is 22.4. The van der Waals surface area contributed by atoms with E-state index in [0.29, 0.717) is 17.8 Å². The minimum atomic E-state index is -0.201. The number of unbranched alkanes of at least 4 members (excludes halogenated alkanes) is 15. The zero-order valence-electron chi connectivity index (χ0n) is 25.3. The molecule has 1 aromatic heterocycles. The van der Waals surface area contributed by atoms with Gasteiger partial charge in [0.15, 0.2) is 0 Å². The van der Waals surface area contributed by atoms with Crippen LogP contribution in [0.3, 0.4) is 0 Å². The third-order valence-corrected chi connectivity index (χ3v) is 8.79. The Kier molecular flexibility index (Phi) is 12.3. The molecule has 1 aliphatic rings. The monoisotopic (exact) mass is 557 g/mol. The lowest BCUT2D eigenvalue weighted by atomic mass is 9.98. The summed E-state index contributed by atoms with van der Waals surface area (Å²) in [5, 5.41) is 0.836. The fourth-order valence-corrected chi connectivity index (χ4v) is 6.30. The summed E-state index contributed by atoms with van der Waals surface area (Å²) in [5.74, 6) is -0.366. The maximum absolute atomic E-state index is 13.2. The van der Waals surface area contributed by atoms with Crippen LogP contribution in [0, 0.1) is 5.92 Å². The Bertz CT molecular complexity index is 1230. The quantitative estimate of drug-likeness (QED) is 0.114. The minimum Gasteiger partial charge on any atom is -0.396 e. The van der Waals surface area contributed by atoms with Crippen LogP contribution in [0.4, 0.5) is 11.4 Å². The van der Waals surface area contributed by atoms with Gasteiger partial charge in [-0.1, -0.05) is 140 Å². The van der Waals surface area contributed by atoms with Gasteiger partial charge < -0.3 is 10.7 Å². The second-order valence-electron chi connectivity index (χ2n) is 12.1. The molecule has 3 N–H and O–H groups in total. The third kappa shape index (κ3) is 8.70. The van der Waals surface area contributed by atoms with Crippen molar-refractivity contribution in [3.05, 3.63) is 48.5 Å². The van der Waals surface area contributed by atoms with Crippen molar-refractivity contribution in [2.75, 3.05) is 10.6 Å². The molecule has 41 heavy (non-hydrogen) atoms. The van der Waals surface area contributed by atoms with Gasteiger partial charge in [0.05, 0.1) is 17.1 Å². The van der Waals surface area contributed by atoms with Crippen LogP contribution < -0.4 is 10.6 Å². The Morgan fingerprint density at radius 2 is 1.32 bits per heavy atom. The van der Waals surface area contributed by atoms with Crippen LogP contribution in [0.5, 0.6) is 0 Å². The maximum Gasteiger partial charge on any atom is 0.237 e. The number of aromatic nitrogens is 1. The standard InChI is InChI=1S/C36H51N3O2/c1-2-3-4-5-6-7-8-9-10-11-12-13-14-15-16-18-23-29-26-33(40)39(36(29)41)30-24-25-32-31(27-30)34(37)35(38-32)28-21-19-17-20-22-28/h17,19-22,24-25,27,29,38H,2-16,18,23,26,37H2,1H3. The van der Waals surface area contributed by atoms with Gasteiger partial charge in [-0.2, -0.15) is 0 Å². The number of rotatable bonds is 19. The molecule has 0 spiro atoms. The molecule has 5 heteroatoms. The molecule has 0 radical (unpaired) electrons. The predicted molar refractivity (Wildman–Crippen MR) is 173 cm³/mol. The van der Waals surface area contributed by atoms with Gasteiger partial charge in [0.2, 0.25) is 11.8 Å². The highest BCUT2D eigenvalue weighted by atomic mass is 16.2. The Labute approximate surface area is 247 Å². The van der Waals surface area contributed by atoms with Crippen molar-refractivity contribution in [2.45, 2.75) is 122 Å². The van der Waals surface area contributed by atoms with Crippen molar-refractivity contribution in [3.63, 3.8) is 0 Å². The predicted octanol–water partition coefficient (Wildman–Crippen LogP) is 9.95. The lowest BCUT2D eigenvalue weighted by molar-refractivity contribution is -0.122. The van der Waals surface area contributed by atoms with Gasteiger partial charge >= 0.3 is 0 Å². The summed E-state index contributed by atoms with van der Waals surface area (Å²) in [4.78, 5) is 30.9. The highest BCUT2D eigenvalue weighted by Gasteiger charge is 2.39. The molecule has 0 saturated carbocycles. The largest absolute Gasteiger partial charge is 0.396 e. The van der Waals surface area contributed by atoms with Gasteiger partial charge in [-0.25, -0.2) is 0 Å². The van der Waals surface area contributed by atoms with Gasteiger partial charge in [0.1, 0.15) is 0 Å². The van der Waals surface area contributed by atoms with E-state index in [1.54, 1.807) is 0 Å². The molecule has 222 valence electrons. The van der Waals surface area contributed by atoms with E-state index in [9.17, 15) is 9.59 Å². The fourth-order valence-electron chi connectivity index (χ4n) is 6.30. The lowest BCUT2D eigenvalue weighted by Gasteiger charge is -2.15. The van der Waals surface area contributed by atoms with Crippen LogP contribution in [0.2, 0.25) is 0 Å². The number of nitrogens with two attached hydrogens (primary N) is 1. The van der Waals surface area contributed by atoms with Crippen LogP contribution in [0.1, 0.15) is 122 Å². The Morgan fingerprint density at radius 3 is 1.90 bits per heavy atom. The summed E-state index contributed by atoms with van der Waals surface area (Å²) in [7, 11) is 0. The molecule has 0 bridgehead atoms. The second-order valence-corrected chi connectivity index (χ2v) is 12.1. The number of fused-ring (bicyclic) bond motifs is 1. The highest BCUT2D eigenvalue weighted by Crippen LogP contribution is 2.37. The van der Waals surface area contributed by atoms with Crippen LogP contribution in [0.15, 0.2) is 48.5 Å². The van der Waals surface area contributed by atoms with Gasteiger partial charge in [0, 0.05) is 28.8 Å². The normalized spacial score (nSPS) is 15.4. The molecule has 2 heterocycles. The SMILES string of the molecule is CCCCCCCCCCCCCCCCCCC1CC(=O)N(c2ccc3[nH]c(-c4ccccc4)c(N)c3c2)C1=O. The molecule has 1 atom stereocenters. The number of nitrogens with zero attached hydrogens (tertiary/aromatic N) is 1. The molecule has 3 aromatic rings. The number of benzene rings is 2. The van der Waals surface area contributed by atoms with Gasteiger partial charge in [-0.3, -0.25) is 14.5 Å². The summed E-state index contributed by atoms with van der Waals surface area (Å²) >= 11 is 0. The zero-order valence-corrected chi connectivity index (χ0v) is 25.3. The van der Waals surface area contributed by atoms with Gasteiger partial charge in [-0.15, -0.1) is 0 Å². The summed E-state index contributed by atoms with van der Waals surface area (Å²) in [6, 6.07) is 15.6. The second kappa shape index (κ2) is 16.4. The van der Waals surface area contributed by atoms with Crippen LogP contribution in [0.25, 0.3) is 22.2 Å². The van der Waals surface area contributed by atoms with Gasteiger partial charge in [0.25, 0.3) is 0 Å². The first kappa shape index (κ1) is 30.9. The molecule has 1 aliphatic heterocycles. The first-order valence-corrected chi connectivity index (χ1v) is 16.4. The molecule has 2 aromatic carbocycles. The van der Waals surface area contributed by atoms with E-state index < -0.39 is 0 Å². The Balaban J connectivity index is 1.12. The van der Waals surface area contributed by atoms with E-state index >= 15 is 0 Å². The molecule has 1 saturated heterocycles. The van der Waals surface area contributed by atoms with Crippen LogP contribution >= 0.6 is 0 Å². The van der Waals surface area contributed by atoms with Crippen LogP contribution in [-0.2, 0) is 9.59 Å². The number of carbonyl (C=O) groups excluding carboxylic acids is 2. The number of nitrogens with one attached hydrogen (secondary N) is 1. The van der Waals surface area contributed by atoms with Crippen molar-refractivity contribution in [2.24, 2.45) is 5.92 Å². The zero-order chi connectivity index (χ0) is 28.9. The summed E-state index contributed by atoms with van der Waals surface area (Å²) in [5.41, 5.74) is 10.5. The third-order valence-electron chi connectivity index (χ3n) is 8.79. The summed E-state index contributed by atoms with van der Waals surface area (Å²) in [6.45, 7) is 2.28. The number of anilines is 2. The highest BCUT2D eigenvalue weighted by molar-refractivity contribution is 6.21. The smallest absolute Gasteiger partial charge is 0.237 e. The topological polar surface area (TPSA) is 79.2 Å². The molecule has 5 nitrogen and oxygen atoms in total. The van der Waals surface area contributed by atoms with Crippen molar-refractivity contribution in [1.29, 1.82) is 0 Å².